The van der Waals surface area contributed by atoms with Gasteiger partial charge in [-0.05, 0) is 24.6 Å². The molecule has 2 aromatic heterocycles. The molecule has 16 heavy (non-hydrogen) atoms. The van der Waals surface area contributed by atoms with Crippen molar-refractivity contribution >= 4 is 28.2 Å². The molecular formula is C13H12N2O. The van der Waals surface area contributed by atoms with Crippen LogP contribution in [0.3, 0.4) is 0 Å². The number of carbonyl (C=O) groups excluding carboxylic acids is 1. The largest absolute Gasteiger partial charge is 0.341 e. The number of aldehydes is 1. The number of benzene rings is 1. The Bertz CT molecular complexity index is 703. The summed E-state index contributed by atoms with van der Waals surface area (Å²) in [6, 6.07) is 8.23. The molecule has 0 aliphatic rings. The van der Waals surface area contributed by atoms with Crippen LogP contribution in [0.25, 0.3) is 21.9 Å². The quantitative estimate of drug-likeness (QED) is 0.619. The molecule has 0 spiro atoms. The second-order valence-corrected chi connectivity index (χ2v) is 4.18. The lowest BCUT2D eigenvalue weighted by atomic mass is 10.1. The third-order valence-electron chi connectivity index (χ3n) is 3.11. The van der Waals surface area contributed by atoms with Crippen molar-refractivity contribution in [2.24, 2.45) is 7.05 Å². The van der Waals surface area contributed by atoms with Crippen LogP contribution >= 0.6 is 0 Å². The first-order valence-corrected chi connectivity index (χ1v) is 5.23. The van der Waals surface area contributed by atoms with E-state index in [1.165, 1.54) is 10.9 Å². The fourth-order valence-corrected chi connectivity index (χ4v) is 2.22. The van der Waals surface area contributed by atoms with Crippen molar-refractivity contribution in [3.8, 4) is 0 Å². The minimum Gasteiger partial charge on any atom is -0.341 e. The average molecular weight is 212 g/mol. The van der Waals surface area contributed by atoms with Gasteiger partial charge in [-0.3, -0.25) is 4.79 Å². The zero-order valence-corrected chi connectivity index (χ0v) is 9.24. The summed E-state index contributed by atoms with van der Waals surface area (Å²) >= 11 is 0. The van der Waals surface area contributed by atoms with Gasteiger partial charge in [0.05, 0.1) is 5.69 Å². The third kappa shape index (κ3) is 1.05. The predicted octanol–water partition coefficient (Wildman–Crippen LogP) is 2.78. The van der Waals surface area contributed by atoms with Crippen LogP contribution in [0, 0.1) is 6.92 Å². The Kier molecular flexibility index (Phi) is 1.72. The smallest absolute Gasteiger partial charge is 0.166 e. The number of fused-ring (bicyclic) bond motifs is 3. The van der Waals surface area contributed by atoms with Gasteiger partial charge >= 0.3 is 0 Å². The van der Waals surface area contributed by atoms with Gasteiger partial charge in [0.2, 0.25) is 0 Å². The first kappa shape index (κ1) is 9.21. The highest BCUT2D eigenvalue weighted by atomic mass is 16.1. The number of rotatable bonds is 1. The summed E-state index contributed by atoms with van der Waals surface area (Å²) in [5.41, 5.74) is 4.05. The van der Waals surface area contributed by atoms with Gasteiger partial charge in [-0.15, -0.1) is 0 Å². The first-order chi connectivity index (χ1) is 7.70. The van der Waals surface area contributed by atoms with E-state index in [9.17, 15) is 4.79 Å². The summed E-state index contributed by atoms with van der Waals surface area (Å²) in [7, 11) is 1.90. The minimum atomic E-state index is 0.698. The maximum absolute atomic E-state index is 10.9. The van der Waals surface area contributed by atoms with Gasteiger partial charge in [0, 0.05) is 23.3 Å². The maximum atomic E-state index is 10.9. The summed E-state index contributed by atoms with van der Waals surface area (Å²) < 4.78 is 1.89. The number of nitrogens with one attached hydrogen (secondary N) is 1. The number of hydrogen-bond donors (Lipinski definition) is 1. The van der Waals surface area contributed by atoms with Gasteiger partial charge < -0.3 is 9.55 Å². The highest BCUT2D eigenvalue weighted by Crippen LogP contribution is 2.27. The van der Waals surface area contributed by atoms with E-state index in [1.54, 1.807) is 0 Å². The molecule has 0 atom stereocenters. The van der Waals surface area contributed by atoms with Gasteiger partial charge in [-0.2, -0.15) is 0 Å². The molecule has 0 aliphatic heterocycles. The van der Waals surface area contributed by atoms with E-state index in [0.717, 1.165) is 22.8 Å². The van der Waals surface area contributed by atoms with Crippen LogP contribution in [0.1, 0.15) is 16.1 Å². The lowest BCUT2D eigenvalue weighted by Gasteiger charge is -1.95. The van der Waals surface area contributed by atoms with Crippen molar-refractivity contribution in [3.05, 3.63) is 35.5 Å². The number of aromatic nitrogens is 2. The molecule has 3 heteroatoms. The fraction of sp³-hybridized carbons (Fsp3) is 0.154. The van der Waals surface area contributed by atoms with Crippen LogP contribution in [-0.4, -0.2) is 15.8 Å². The van der Waals surface area contributed by atoms with E-state index < -0.39 is 0 Å². The van der Waals surface area contributed by atoms with Crippen LogP contribution in [0.5, 0.6) is 0 Å². The van der Waals surface area contributed by atoms with Crippen molar-refractivity contribution in [3.63, 3.8) is 0 Å². The molecule has 0 fully saturated rings. The van der Waals surface area contributed by atoms with E-state index in [1.807, 2.05) is 17.7 Å². The number of hydrogen-bond acceptors (Lipinski definition) is 1. The Balaban J connectivity index is 2.49. The van der Waals surface area contributed by atoms with E-state index >= 15 is 0 Å². The Morgan fingerprint density at radius 1 is 1.25 bits per heavy atom. The third-order valence-corrected chi connectivity index (χ3v) is 3.11. The zero-order chi connectivity index (χ0) is 11.3. The van der Waals surface area contributed by atoms with Crippen LogP contribution in [0.15, 0.2) is 24.3 Å². The van der Waals surface area contributed by atoms with Crippen molar-refractivity contribution in [2.45, 2.75) is 6.92 Å². The minimum absolute atomic E-state index is 0.698. The fourth-order valence-electron chi connectivity index (χ4n) is 2.22. The monoisotopic (exact) mass is 212 g/mol. The normalized spacial score (nSPS) is 11.4. The van der Waals surface area contributed by atoms with Gasteiger partial charge in [0.25, 0.3) is 0 Å². The second-order valence-electron chi connectivity index (χ2n) is 4.18. The Labute approximate surface area is 92.7 Å². The molecule has 0 amide bonds. The molecular weight excluding hydrogens is 200 g/mol. The Morgan fingerprint density at radius 2 is 2.06 bits per heavy atom. The van der Waals surface area contributed by atoms with Crippen LogP contribution in [-0.2, 0) is 7.05 Å². The summed E-state index contributed by atoms with van der Waals surface area (Å²) in [5, 5.41) is 2.28. The molecule has 80 valence electrons. The van der Waals surface area contributed by atoms with Gasteiger partial charge in [-0.1, -0.05) is 12.1 Å². The lowest BCUT2D eigenvalue weighted by molar-refractivity contribution is 0.111. The van der Waals surface area contributed by atoms with Gasteiger partial charge in [0.1, 0.15) is 5.65 Å². The molecule has 0 bridgehead atoms. The van der Waals surface area contributed by atoms with Crippen molar-refractivity contribution in [1.29, 1.82) is 0 Å². The Morgan fingerprint density at radius 3 is 2.81 bits per heavy atom. The van der Waals surface area contributed by atoms with Crippen molar-refractivity contribution in [1.82, 2.24) is 9.55 Å². The van der Waals surface area contributed by atoms with Crippen molar-refractivity contribution < 1.29 is 4.79 Å². The Hall–Kier alpha value is -2.03. The van der Waals surface area contributed by atoms with Crippen LogP contribution in [0.4, 0.5) is 0 Å². The molecule has 1 N–H and O–H groups in total. The maximum Gasteiger partial charge on any atom is 0.166 e. The number of aryl methyl sites for hydroxylation is 2. The molecule has 3 nitrogen and oxygen atoms in total. The van der Waals surface area contributed by atoms with Gasteiger partial charge in [-0.25, -0.2) is 0 Å². The molecule has 0 saturated heterocycles. The van der Waals surface area contributed by atoms with Crippen LogP contribution in [0.2, 0.25) is 0 Å². The van der Waals surface area contributed by atoms with Gasteiger partial charge in [0.15, 0.2) is 6.29 Å². The summed E-state index contributed by atoms with van der Waals surface area (Å²) in [5.74, 6) is 0. The number of nitrogens with zero attached hydrogens (tertiary/aromatic N) is 1. The van der Waals surface area contributed by atoms with E-state index in [4.69, 9.17) is 0 Å². The molecule has 2 heterocycles. The molecule has 1 aromatic carbocycles. The number of H-pyrrole nitrogens is 1. The summed E-state index contributed by atoms with van der Waals surface area (Å²) in [6.07, 6.45) is 0.883. The molecule has 3 rings (SSSR count). The molecule has 0 saturated carbocycles. The SMILES string of the molecule is Cc1ccc2c(c1)[nH]c1c2cc(C=O)n1C. The molecule has 0 unspecified atom stereocenters. The first-order valence-electron chi connectivity index (χ1n) is 5.23. The topological polar surface area (TPSA) is 37.8 Å². The second kappa shape index (κ2) is 2.98. The molecule has 0 aliphatic carbocycles. The summed E-state index contributed by atoms with van der Waals surface area (Å²) in [6.45, 7) is 2.07. The number of carbonyl (C=O) groups is 1. The average Bonchev–Trinajstić information content (AvgIpc) is 2.75. The summed E-state index contributed by atoms with van der Waals surface area (Å²) in [4.78, 5) is 14.2. The highest BCUT2D eigenvalue weighted by Gasteiger charge is 2.10. The standard InChI is InChI=1S/C13H12N2O/c1-8-3-4-10-11-6-9(7-16)15(2)13(11)14-12(10)5-8/h3-7,14H,1-2H3. The number of aromatic amines is 1. The van der Waals surface area contributed by atoms with E-state index in [-0.39, 0.29) is 0 Å². The van der Waals surface area contributed by atoms with E-state index in [2.05, 4.69) is 30.1 Å². The molecule has 3 aromatic rings. The molecule has 0 radical (unpaired) electrons. The predicted molar refractivity (Wildman–Crippen MR) is 64.9 cm³/mol. The highest BCUT2D eigenvalue weighted by molar-refractivity contribution is 6.08. The van der Waals surface area contributed by atoms with Crippen molar-refractivity contribution in [2.75, 3.05) is 0 Å². The zero-order valence-electron chi connectivity index (χ0n) is 9.24. The van der Waals surface area contributed by atoms with E-state index in [0.29, 0.717) is 5.69 Å². The van der Waals surface area contributed by atoms with Crippen LogP contribution < -0.4 is 0 Å². The lowest BCUT2D eigenvalue weighted by Crippen LogP contribution is -1.93.